The Morgan fingerprint density at radius 1 is 1.78 bits per heavy atom. The van der Waals surface area contributed by atoms with E-state index in [2.05, 4.69) is 6.92 Å². The number of rotatable bonds is 3. The van der Waals surface area contributed by atoms with Gasteiger partial charge in [-0.05, 0) is 18.3 Å². The minimum atomic E-state index is 0.792. The smallest absolute Gasteiger partial charge is 0.209 e. The number of hydrogen-bond donors (Lipinski definition) is 0. The lowest BCUT2D eigenvalue weighted by Crippen LogP contribution is -2.18. The van der Waals surface area contributed by atoms with Crippen LogP contribution < -0.4 is 0 Å². The molecule has 2 atom stereocenters. The third-order valence-corrected chi connectivity index (χ3v) is 1.98. The lowest BCUT2D eigenvalue weighted by molar-refractivity contribution is -0.117. The summed E-state index contributed by atoms with van der Waals surface area (Å²) in [7, 11) is 1.83. The van der Waals surface area contributed by atoms with Crippen molar-refractivity contribution in [3.05, 3.63) is 0 Å². The number of hydrogen-bond acceptors (Lipinski definition) is 1. The Hall–Kier alpha value is -0.530. The van der Waals surface area contributed by atoms with Crippen molar-refractivity contribution in [1.29, 1.82) is 0 Å². The quantitative estimate of drug-likeness (QED) is 0.512. The molecule has 1 saturated carbocycles. The highest BCUT2D eigenvalue weighted by atomic mass is 16.1. The van der Waals surface area contributed by atoms with E-state index in [1.807, 2.05) is 7.05 Å². The Morgan fingerprint density at radius 3 is 2.67 bits per heavy atom. The molecule has 2 nitrogen and oxygen atoms in total. The second-order valence-corrected chi connectivity index (χ2v) is 3.02. The molecule has 2 unspecified atom stereocenters. The first-order chi connectivity index (χ1) is 4.24. The summed E-state index contributed by atoms with van der Waals surface area (Å²) in [5.74, 6) is 1.65. The van der Waals surface area contributed by atoms with Gasteiger partial charge in [-0.15, -0.1) is 0 Å². The van der Waals surface area contributed by atoms with Gasteiger partial charge in [0.1, 0.15) is 0 Å². The highest BCUT2D eigenvalue weighted by molar-refractivity contribution is 5.46. The van der Waals surface area contributed by atoms with E-state index in [1.54, 1.807) is 4.90 Å². The van der Waals surface area contributed by atoms with Crippen molar-refractivity contribution < 1.29 is 4.79 Å². The van der Waals surface area contributed by atoms with Crippen LogP contribution in [0.4, 0.5) is 0 Å². The lowest BCUT2D eigenvalue weighted by atomic mass is 10.3. The summed E-state index contributed by atoms with van der Waals surface area (Å²) < 4.78 is 0. The van der Waals surface area contributed by atoms with E-state index in [-0.39, 0.29) is 0 Å². The van der Waals surface area contributed by atoms with Gasteiger partial charge in [0.15, 0.2) is 0 Å². The molecule has 1 aliphatic rings. The fourth-order valence-corrected chi connectivity index (χ4v) is 1.07. The molecule has 0 aromatic heterocycles. The van der Waals surface area contributed by atoms with Crippen LogP contribution in [0.1, 0.15) is 13.3 Å². The van der Waals surface area contributed by atoms with Gasteiger partial charge < -0.3 is 4.90 Å². The highest BCUT2D eigenvalue weighted by Gasteiger charge is 2.32. The van der Waals surface area contributed by atoms with Gasteiger partial charge in [-0.1, -0.05) is 6.92 Å². The van der Waals surface area contributed by atoms with Crippen molar-refractivity contribution >= 4 is 6.41 Å². The van der Waals surface area contributed by atoms with Crippen molar-refractivity contribution in [3.8, 4) is 0 Å². The third kappa shape index (κ3) is 1.70. The Balaban J connectivity index is 2.11. The number of carbonyl (C=O) groups excluding carboxylic acids is 1. The molecule has 52 valence electrons. The van der Waals surface area contributed by atoms with Crippen LogP contribution in [0.2, 0.25) is 0 Å². The largest absolute Gasteiger partial charge is 0.348 e. The van der Waals surface area contributed by atoms with Crippen LogP contribution in [-0.2, 0) is 4.79 Å². The zero-order valence-corrected chi connectivity index (χ0v) is 6.00. The van der Waals surface area contributed by atoms with E-state index in [1.165, 1.54) is 6.42 Å². The molecular weight excluding hydrogens is 114 g/mol. The number of carbonyl (C=O) groups is 1. The van der Waals surface area contributed by atoms with E-state index in [0.29, 0.717) is 0 Å². The molecule has 0 spiro atoms. The summed E-state index contributed by atoms with van der Waals surface area (Å²) in [6.07, 6.45) is 2.20. The van der Waals surface area contributed by atoms with Gasteiger partial charge in [-0.2, -0.15) is 0 Å². The SMILES string of the molecule is CC1CC1CN(C)C=O. The van der Waals surface area contributed by atoms with E-state index in [9.17, 15) is 4.79 Å². The molecule has 1 fully saturated rings. The summed E-state index contributed by atoms with van der Waals surface area (Å²) in [5.41, 5.74) is 0. The monoisotopic (exact) mass is 127 g/mol. The van der Waals surface area contributed by atoms with Crippen LogP contribution in [0.25, 0.3) is 0 Å². The summed E-state index contributed by atoms with van der Waals surface area (Å²) in [4.78, 5) is 11.8. The predicted molar refractivity (Wildman–Crippen MR) is 36.0 cm³/mol. The molecule has 0 saturated heterocycles. The maximum atomic E-state index is 10.1. The average molecular weight is 127 g/mol. The predicted octanol–water partition coefficient (Wildman–Crippen LogP) is 0.731. The number of nitrogens with zero attached hydrogens (tertiary/aromatic N) is 1. The highest BCUT2D eigenvalue weighted by Crippen LogP contribution is 2.37. The Labute approximate surface area is 55.8 Å². The Morgan fingerprint density at radius 2 is 2.33 bits per heavy atom. The molecule has 9 heavy (non-hydrogen) atoms. The average Bonchev–Trinajstić information content (AvgIpc) is 2.47. The van der Waals surface area contributed by atoms with E-state index < -0.39 is 0 Å². The topological polar surface area (TPSA) is 20.3 Å². The molecule has 0 heterocycles. The minimum Gasteiger partial charge on any atom is -0.348 e. The lowest BCUT2D eigenvalue weighted by Gasteiger charge is -2.07. The van der Waals surface area contributed by atoms with Crippen LogP contribution in [-0.4, -0.2) is 24.9 Å². The molecule has 0 aliphatic heterocycles. The standard InChI is InChI=1S/C7H13NO/c1-6-3-7(6)4-8(2)5-9/h5-7H,3-4H2,1-2H3. The molecule has 0 radical (unpaired) electrons. The van der Waals surface area contributed by atoms with Crippen LogP contribution in [0, 0.1) is 11.8 Å². The Bertz CT molecular complexity index is 113. The zero-order chi connectivity index (χ0) is 6.85. The summed E-state index contributed by atoms with van der Waals surface area (Å²) >= 11 is 0. The fourth-order valence-electron chi connectivity index (χ4n) is 1.07. The molecule has 0 aromatic rings. The molecule has 0 N–H and O–H groups in total. The van der Waals surface area contributed by atoms with Crippen LogP contribution in [0.3, 0.4) is 0 Å². The first-order valence-electron chi connectivity index (χ1n) is 3.39. The van der Waals surface area contributed by atoms with E-state index in [0.717, 1.165) is 24.8 Å². The van der Waals surface area contributed by atoms with Gasteiger partial charge in [0.25, 0.3) is 0 Å². The normalized spacial score (nSPS) is 31.8. The van der Waals surface area contributed by atoms with Crippen molar-refractivity contribution in [1.82, 2.24) is 4.90 Å². The van der Waals surface area contributed by atoms with Gasteiger partial charge in [0.2, 0.25) is 6.41 Å². The first kappa shape index (κ1) is 6.59. The summed E-state index contributed by atoms with van der Waals surface area (Å²) in [5, 5.41) is 0. The van der Waals surface area contributed by atoms with E-state index in [4.69, 9.17) is 0 Å². The second kappa shape index (κ2) is 2.38. The third-order valence-electron chi connectivity index (χ3n) is 1.98. The maximum absolute atomic E-state index is 10.1. The Kier molecular flexibility index (Phi) is 1.74. The maximum Gasteiger partial charge on any atom is 0.209 e. The molecular formula is C7H13NO. The molecule has 1 rings (SSSR count). The minimum absolute atomic E-state index is 0.792. The van der Waals surface area contributed by atoms with Crippen molar-refractivity contribution in [3.63, 3.8) is 0 Å². The van der Waals surface area contributed by atoms with Crippen LogP contribution in [0.5, 0.6) is 0 Å². The van der Waals surface area contributed by atoms with Gasteiger partial charge >= 0.3 is 0 Å². The van der Waals surface area contributed by atoms with Gasteiger partial charge in [-0.3, -0.25) is 4.79 Å². The molecule has 0 bridgehead atoms. The molecule has 1 aliphatic carbocycles. The van der Waals surface area contributed by atoms with E-state index >= 15 is 0 Å². The summed E-state index contributed by atoms with van der Waals surface area (Å²) in [6.45, 7) is 3.17. The van der Waals surface area contributed by atoms with Crippen LogP contribution in [0.15, 0.2) is 0 Å². The van der Waals surface area contributed by atoms with Gasteiger partial charge in [0.05, 0.1) is 0 Å². The molecule has 2 heteroatoms. The zero-order valence-electron chi connectivity index (χ0n) is 6.00. The fraction of sp³-hybridized carbons (Fsp3) is 0.857. The van der Waals surface area contributed by atoms with Gasteiger partial charge in [0, 0.05) is 13.6 Å². The summed E-state index contributed by atoms with van der Waals surface area (Å²) in [6, 6.07) is 0. The number of amides is 1. The van der Waals surface area contributed by atoms with Gasteiger partial charge in [-0.25, -0.2) is 0 Å². The van der Waals surface area contributed by atoms with Crippen molar-refractivity contribution in [2.45, 2.75) is 13.3 Å². The van der Waals surface area contributed by atoms with Crippen molar-refractivity contribution in [2.24, 2.45) is 11.8 Å². The van der Waals surface area contributed by atoms with Crippen molar-refractivity contribution in [2.75, 3.05) is 13.6 Å². The molecule has 1 amide bonds. The first-order valence-corrected chi connectivity index (χ1v) is 3.39. The second-order valence-electron chi connectivity index (χ2n) is 3.02. The molecule has 0 aromatic carbocycles. The van der Waals surface area contributed by atoms with Crippen LogP contribution >= 0.6 is 0 Å².